The van der Waals surface area contributed by atoms with Crippen molar-refractivity contribution in [2.45, 2.75) is 20.0 Å². The van der Waals surface area contributed by atoms with Gasteiger partial charge in [0, 0.05) is 16.1 Å². The normalized spacial score (nSPS) is 11.1. The molecule has 0 aliphatic rings. The van der Waals surface area contributed by atoms with Crippen molar-refractivity contribution in [3.8, 4) is 34.2 Å². The summed E-state index contributed by atoms with van der Waals surface area (Å²) in [6, 6.07) is 25.7. The Kier molecular flexibility index (Phi) is 7.00. The Labute approximate surface area is 229 Å². The lowest BCUT2D eigenvalue weighted by atomic mass is 10.0. The van der Waals surface area contributed by atoms with E-state index < -0.39 is 11.9 Å². The molecule has 196 valence electrons. The van der Waals surface area contributed by atoms with Gasteiger partial charge in [-0.2, -0.15) is 0 Å². The van der Waals surface area contributed by atoms with Crippen LogP contribution >= 0.6 is 11.6 Å². The quantitative estimate of drug-likeness (QED) is 0.207. The Hall–Kier alpha value is -4.75. The van der Waals surface area contributed by atoms with E-state index in [1.165, 1.54) is 12.1 Å². The predicted octanol–water partition coefficient (Wildman–Crippen LogP) is 7.93. The molecule has 0 saturated heterocycles. The number of carboxylic acids is 2. The molecule has 39 heavy (non-hydrogen) atoms. The van der Waals surface area contributed by atoms with E-state index in [2.05, 4.69) is 0 Å². The number of fused-ring (bicyclic) bond motifs is 1. The lowest BCUT2D eigenvalue weighted by Crippen LogP contribution is -2.06. The number of benzene rings is 4. The molecule has 0 fully saturated rings. The van der Waals surface area contributed by atoms with E-state index in [0.29, 0.717) is 50.1 Å². The van der Waals surface area contributed by atoms with Crippen LogP contribution in [0.2, 0.25) is 5.02 Å². The third kappa shape index (κ3) is 5.30. The molecule has 4 aromatic carbocycles. The van der Waals surface area contributed by atoms with Crippen molar-refractivity contribution >= 4 is 34.4 Å². The van der Waals surface area contributed by atoms with Crippen LogP contribution in [-0.2, 0) is 0 Å². The third-order valence-corrected chi connectivity index (χ3v) is 6.33. The average molecular weight is 542 g/mol. The minimum Gasteiger partial charge on any atom is -0.491 e. The highest BCUT2D eigenvalue weighted by Gasteiger charge is 2.25. The van der Waals surface area contributed by atoms with Gasteiger partial charge < -0.3 is 24.3 Å². The highest BCUT2D eigenvalue weighted by molar-refractivity contribution is 6.30. The second-order valence-corrected chi connectivity index (χ2v) is 9.58. The zero-order valence-electron chi connectivity index (χ0n) is 21.1. The minimum atomic E-state index is -1.13. The van der Waals surface area contributed by atoms with Crippen LogP contribution in [0.15, 0.2) is 91.0 Å². The zero-order chi connectivity index (χ0) is 27.7. The van der Waals surface area contributed by atoms with Crippen molar-refractivity contribution < 1.29 is 29.3 Å². The lowest BCUT2D eigenvalue weighted by molar-refractivity contribution is 0.0687. The lowest BCUT2D eigenvalue weighted by Gasteiger charge is -2.14. The van der Waals surface area contributed by atoms with Crippen molar-refractivity contribution in [1.29, 1.82) is 0 Å². The topological polar surface area (TPSA) is 98.0 Å². The number of ether oxygens (including phenoxy) is 2. The maximum absolute atomic E-state index is 12.7. The number of rotatable bonds is 8. The van der Waals surface area contributed by atoms with E-state index in [4.69, 9.17) is 21.1 Å². The summed E-state index contributed by atoms with van der Waals surface area (Å²) in [6.45, 7) is 3.88. The third-order valence-electron chi connectivity index (χ3n) is 6.07. The predicted molar refractivity (Wildman–Crippen MR) is 150 cm³/mol. The fraction of sp³-hybridized carbons (Fsp3) is 0.0968. The molecule has 0 aliphatic carbocycles. The summed E-state index contributed by atoms with van der Waals surface area (Å²) >= 11 is 5.98. The molecule has 0 atom stereocenters. The Morgan fingerprint density at radius 3 is 1.97 bits per heavy atom. The van der Waals surface area contributed by atoms with E-state index in [0.717, 1.165) is 0 Å². The van der Waals surface area contributed by atoms with Crippen LogP contribution in [0, 0.1) is 0 Å². The van der Waals surface area contributed by atoms with Gasteiger partial charge in [-0.3, -0.25) is 0 Å². The first-order valence-electron chi connectivity index (χ1n) is 12.2. The number of hydrogen-bond acceptors (Lipinski definition) is 4. The number of aromatic nitrogens is 1. The smallest absolute Gasteiger partial charge is 0.338 e. The van der Waals surface area contributed by atoms with Gasteiger partial charge in [-0.1, -0.05) is 23.7 Å². The van der Waals surface area contributed by atoms with Crippen LogP contribution in [0.1, 0.15) is 34.6 Å². The van der Waals surface area contributed by atoms with Crippen LogP contribution in [0.5, 0.6) is 17.2 Å². The molecule has 5 aromatic rings. The van der Waals surface area contributed by atoms with Gasteiger partial charge in [0.1, 0.15) is 17.2 Å². The number of aromatic carboxylic acids is 2. The average Bonchev–Trinajstić information content (AvgIpc) is 3.25. The largest absolute Gasteiger partial charge is 0.491 e. The van der Waals surface area contributed by atoms with E-state index >= 15 is 0 Å². The Balaban J connectivity index is 1.72. The van der Waals surface area contributed by atoms with E-state index in [9.17, 15) is 19.8 Å². The van der Waals surface area contributed by atoms with Gasteiger partial charge in [0.15, 0.2) is 0 Å². The monoisotopic (exact) mass is 541 g/mol. The van der Waals surface area contributed by atoms with Crippen LogP contribution in [0.3, 0.4) is 0 Å². The molecule has 0 bridgehead atoms. The summed E-state index contributed by atoms with van der Waals surface area (Å²) in [5.41, 5.74) is 2.49. The first kappa shape index (κ1) is 25.9. The minimum absolute atomic E-state index is 0.00393. The summed E-state index contributed by atoms with van der Waals surface area (Å²) < 4.78 is 13.6. The van der Waals surface area contributed by atoms with Gasteiger partial charge in [0.05, 0.1) is 28.4 Å². The molecule has 0 aliphatic heterocycles. The maximum atomic E-state index is 12.7. The Morgan fingerprint density at radius 2 is 1.38 bits per heavy atom. The highest BCUT2D eigenvalue weighted by atomic mass is 35.5. The molecule has 0 saturated carbocycles. The molecule has 0 unspecified atom stereocenters. The van der Waals surface area contributed by atoms with Gasteiger partial charge in [-0.05, 0) is 98.3 Å². The standard InChI is InChI=1S/C31H24ClNO6/c1-18(2)38-23-13-9-22(10-14-23)33-27-16-15-25(39-24-11-7-21(32)8-12-24)17-26(27)28(31(36)37)29(33)19-3-5-20(6-4-19)30(34)35/h3-18H,1-2H3,(H,34,35)(H,36,37). The van der Waals surface area contributed by atoms with Crippen molar-refractivity contribution in [2.24, 2.45) is 0 Å². The summed E-state index contributed by atoms with van der Waals surface area (Å²) in [4.78, 5) is 24.2. The summed E-state index contributed by atoms with van der Waals surface area (Å²) in [5.74, 6) is -0.488. The molecule has 0 radical (unpaired) electrons. The molecule has 7 nitrogen and oxygen atoms in total. The highest BCUT2D eigenvalue weighted by Crippen LogP contribution is 2.39. The maximum Gasteiger partial charge on any atom is 0.338 e. The summed E-state index contributed by atoms with van der Waals surface area (Å²) in [6.07, 6.45) is 0.00393. The second-order valence-electron chi connectivity index (χ2n) is 9.14. The van der Waals surface area contributed by atoms with Crippen molar-refractivity contribution in [3.63, 3.8) is 0 Å². The summed E-state index contributed by atoms with van der Waals surface area (Å²) in [7, 11) is 0. The van der Waals surface area contributed by atoms with E-state index in [-0.39, 0.29) is 17.2 Å². The molecule has 0 amide bonds. The Morgan fingerprint density at radius 1 is 0.769 bits per heavy atom. The molecule has 0 spiro atoms. The molecular formula is C31H24ClNO6. The number of carbonyl (C=O) groups is 2. The van der Waals surface area contributed by atoms with Crippen molar-refractivity contribution in [3.05, 3.63) is 107 Å². The van der Waals surface area contributed by atoms with Crippen molar-refractivity contribution in [1.82, 2.24) is 4.57 Å². The van der Waals surface area contributed by atoms with Crippen molar-refractivity contribution in [2.75, 3.05) is 0 Å². The van der Waals surface area contributed by atoms with Crippen LogP contribution < -0.4 is 9.47 Å². The summed E-state index contributed by atoms with van der Waals surface area (Å²) in [5, 5.41) is 20.8. The van der Waals surface area contributed by atoms with E-state index in [1.54, 1.807) is 54.6 Å². The number of carboxylic acid groups (broad SMARTS) is 2. The first-order chi connectivity index (χ1) is 18.7. The van der Waals surface area contributed by atoms with Gasteiger partial charge in [0.2, 0.25) is 0 Å². The number of hydrogen-bond donors (Lipinski definition) is 2. The molecule has 8 heteroatoms. The second kappa shape index (κ2) is 10.6. The van der Waals surface area contributed by atoms with E-state index in [1.807, 2.05) is 42.7 Å². The van der Waals surface area contributed by atoms with Crippen LogP contribution in [0.4, 0.5) is 0 Å². The van der Waals surface area contributed by atoms with Gasteiger partial charge in [0.25, 0.3) is 0 Å². The Bertz CT molecular complexity index is 1670. The van der Waals surface area contributed by atoms with Gasteiger partial charge >= 0.3 is 11.9 Å². The van der Waals surface area contributed by atoms with Gasteiger partial charge in [-0.25, -0.2) is 9.59 Å². The molecular weight excluding hydrogens is 518 g/mol. The SMILES string of the molecule is CC(C)Oc1ccc(-n2c(-c3ccc(C(=O)O)cc3)c(C(=O)O)c3cc(Oc4ccc(Cl)cc4)ccc32)cc1. The van der Waals surface area contributed by atoms with Crippen LogP contribution in [-0.4, -0.2) is 32.8 Å². The zero-order valence-corrected chi connectivity index (χ0v) is 21.8. The fourth-order valence-corrected chi connectivity index (χ4v) is 4.57. The first-order valence-corrected chi connectivity index (χ1v) is 12.5. The molecule has 1 aromatic heterocycles. The molecule has 2 N–H and O–H groups in total. The number of halogens is 1. The fourth-order valence-electron chi connectivity index (χ4n) is 4.45. The number of nitrogens with zero attached hydrogens (tertiary/aromatic N) is 1. The van der Waals surface area contributed by atoms with Gasteiger partial charge in [-0.15, -0.1) is 0 Å². The molecule has 1 heterocycles. The van der Waals surface area contributed by atoms with Crippen LogP contribution in [0.25, 0.3) is 27.8 Å². The molecule has 5 rings (SSSR count).